The average molecular weight is 267 g/mol. The number of ether oxygens (including phenoxy) is 1. The Bertz CT molecular complexity index is 302. The minimum Gasteiger partial charge on any atom is -0.376 e. The van der Waals surface area contributed by atoms with Crippen LogP contribution in [0.4, 0.5) is 0 Å². The quantitative estimate of drug-likeness (QED) is 0.768. The number of morpholine rings is 1. The molecule has 0 aliphatic carbocycles. The first-order valence-electron chi connectivity index (χ1n) is 7.56. The van der Waals surface area contributed by atoms with Gasteiger partial charge in [0.15, 0.2) is 0 Å². The number of nitriles is 1. The van der Waals surface area contributed by atoms with Crippen molar-refractivity contribution in [3.05, 3.63) is 0 Å². The summed E-state index contributed by atoms with van der Waals surface area (Å²) in [5.41, 5.74) is -0.407. The SMILES string of the molecule is CCCNC(C)(C#N)CCN1CC(C)OCC1CC. The van der Waals surface area contributed by atoms with Crippen molar-refractivity contribution in [1.82, 2.24) is 10.2 Å². The van der Waals surface area contributed by atoms with Gasteiger partial charge in [-0.25, -0.2) is 0 Å². The largest absolute Gasteiger partial charge is 0.376 e. The van der Waals surface area contributed by atoms with Gasteiger partial charge in [0.2, 0.25) is 0 Å². The Morgan fingerprint density at radius 1 is 1.47 bits per heavy atom. The summed E-state index contributed by atoms with van der Waals surface area (Å²) in [7, 11) is 0. The molecule has 4 heteroatoms. The highest BCUT2D eigenvalue weighted by Crippen LogP contribution is 2.17. The third-order valence-corrected chi connectivity index (χ3v) is 3.96. The molecule has 0 spiro atoms. The van der Waals surface area contributed by atoms with Gasteiger partial charge in [0.05, 0.1) is 18.8 Å². The van der Waals surface area contributed by atoms with Crippen LogP contribution < -0.4 is 5.32 Å². The number of rotatable bonds is 7. The summed E-state index contributed by atoms with van der Waals surface area (Å²) in [5, 5.41) is 12.7. The van der Waals surface area contributed by atoms with Gasteiger partial charge < -0.3 is 4.74 Å². The summed E-state index contributed by atoms with van der Waals surface area (Å²) >= 11 is 0. The molecule has 0 aromatic heterocycles. The van der Waals surface area contributed by atoms with Crippen molar-refractivity contribution in [1.29, 1.82) is 5.26 Å². The first kappa shape index (κ1) is 16.4. The van der Waals surface area contributed by atoms with Gasteiger partial charge in [-0.05, 0) is 39.7 Å². The zero-order chi connectivity index (χ0) is 14.3. The van der Waals surface area contributed by atoms with E-state index in [-0.39, 0.29) is 0 Å². The third-order valence-electron chi connectivity index (χ3n) is 3.96. The van der Waals surface area contributed by atoms with Crippen LogP contribution in [0, 0.1) is 11.3 Å². The van der Waals surface area contributed by atoms with Gasteiger partial charge in [-0.15, -0.1) is 0 Å². The van der Waals surface area contributed by atoms with Gasteiger partial charge in [-0.1, -0.05) is 13.8 Å². The summed E-state index contributed by atoms with van der Waals surface area (Å²) in [6, 6.07) is 2.93. The highest BCUT2D eigenvalue weighted by atomic mass is 16.5. The van der Waals surface area contributed by atoms with E-state index < -0.39 is 5.54 Å². The van der Waals surface area contributed by atoms with Crippen molar-refractivity contribution in [2.75, 3.05) is 26.2 Å². The van der Waals surface area contributed by atoms with Gasteiger partial charge in [-0.3, -0.25) is 10.2 Å². The van der Waals surface area contributed by atoms with E-state index in [0.717, 1.165) is 45.5 Å². The molecule has 110 valence electrons. The zero-order valence-electron chi connectivity index (χ0n) is 12.9. The van der Waals surface area contributed by atoms with Crippen LogP contribution in [0.5, 0.6) is 0 Å². The van der Waals surface area contributed by atoms with E-state index in [2.05, 4.69) is 37.1 Å². The van der Waals surface area contributed by atoms with Crippen LogP contribution in [0.2, 0.25) is 0 Å². The molecule has 1 aliphatic rings. The lowest BCUT2D eigenvalue weighted by Gasteiger charge is -2.39. The molecular formula is C15H29N3O. The van der Waals surface area contributed by atoms with Gasteiger partial charge >= 0.3 is 0 Å². The monoisotopic (exact) mass is 267 g/mol. The van der Waals surface area contributed by atoms with Crippen molar-refractivity contribution in [3.63, 3.8) is 0 Å². The Morgan fingerprint density at radius 3 is 2.79 bits per heavy atom. The molecule has 3 atom stereocenters. The molecule has 0 bridgehead atoms. The molecule has 1 heterocycles. The standard InChI is InChI=1S/C15H29N3O/c1-5-8-17-15(4,12-16)7-9-18-10-13(3)19-11-14(18)6-2/h13-14,17H,5-11H2,1-4H3. The first-order chi connectivity index (χ1) is 9.04. The predicted molar refractivity (Wildman–Crippen MR) is 78.0 cm³/mol. The Hall–Kier alpha value is -0.630. The molecule has 1 N–H and O–H groups in total. The topological polar surface area (TPSA) is 48.3 Å². The van der Waals surface area contributed by atoms with E-state index in [1.807, 2.05) is 6.92 Å². The molecule has 0 aromatic carbocycles. The van der Waals surface area contributed by atoms with Crippen LogP contribution >= 0.6 is 0 Å². The van der Waals surface area contributed by atoms with Crippen LogP contribution in [0.15, 0.2) is 0 Å². The lowest BCUT2D eigenvalue weighted by molar-refractivity contribution is -0.0572. The fourth-order valence-electron chi connectivity index (χ4n) is 2.51. The summed E-state index contributed by atoms with van der Waals surface area (Å²) in [6.07, 6.45) is 3.34. The van der Waals surface area contributed by atoms with E-state index in [1.54, 1.807) is 0 Å². The van der Waals surface area contributed by atoms with Crippen molar-refractivity contribution >= 4 is 0 Å². The molecule has 0 amide bonds. The molecule has 1 fully saturated rings. The highest BCUT2D eigenvalue weighted by Gasteiger charge is 2.29. The normalized spacial score (nSPS) is 27.7. The van der Waals surface area contributed by atoms with Gasteiger partial charge in [0.1, 0.15) is 5.54 Å². The van der Waals surface area contributed by atoms with Gasteiger partial charge in [-0.2, -0.15) is 5.26 Å². The second kappa shape index (κ2) is 7.84. The maximum absolute atomic E-state index is 9.36. The highest BCUT2D eigenvalue weighted by molar-refractivity contribution is 5.04. The fourth-order valence-corrected chi connectivity index (χ4v) is 2.51. The molecular weight excluding hydrogens is 238 g/mol. The maximum atomic E-state index is 9.36. The third kappa shape index (κ3) is 5.10. The second-order valence-electron chi connectivity index (χ2n) is 5.82. The Labute approximate surface area is 118 Å². The molecule has 3 unspecified atom stereocenters. The average Bonchev–Trinajstić information content (AvgIpc) is 2.43. The van der Waals surface area contributed by atoms with Crippen molar-refractivity contribution in [3.8, 4) is 6.07 Å². The zero-order valence-corrected chi connectivity index (χ0v) is 12.9. The van der Waals surface area contributed by atoms with E-state index in [0.29, 0.717) is 12.1 Å². The van der Waals surface area contributed by atoms with Crippen molar-refractivity contribution in [2.45, 2.75) is 64.6 Å². The number of nitrogens with zero attached hydrogens (tertiary/aromatic N) is 2. The Balaban J connectivity index is 2.50. The predicted octanol–water partition coefficient (Wildman–Crippen LogP) is 2.16. The summed E-state index contributed by atoms with van der Waals surface area (Å²) in [4.78, 5) is 2.48. The van der Waals surface area contributed by atoms with Crippen LogP contribution in [0.1, 0.15) is 47.0 Å². The molecule has 4 nitrogen and oxygen atoms in total. The smallest absolute Gasteiger partial charge is 0.105 e. The first-order valence-corrected chi connectivity index (χ1v) is 7.56. The molecule has 19 heavy (non-hydrogen) atoms. The van der Waals surface area contributed by atoms with Crippen LogP contribution in [0.25, 0.3) is 0 Å². The Morgan fingerprint density at radius 2 is 2.21 bits per heavy atom. The van der Waals surface area contributed by atoms with E-state index >= 15 is 0 Å². The molecule has 1 rings (SSSR count). The van der Waals surface area contributed by atoms with Gasteiger partial charge in [0, 0.05) is 19.1 Å². The second-order valence-corrected chi connectivity index (χ2v) is 5.82. The van der Waals surface area contributed by atoms with E-state index in [4.69, 9.17) is 4.74 Å². The summed E-state index contributed by atoms with van der Waals surface area (Å²) in [6.45, 7) is 12.1. The van der Waals surface area contributed by atoms with Gasteiger partial charge in [0.25, 0.3) is 0 Å². The van der Waals surface area contributed by atoms with Crippen molar-refractivity contribution < 1.29 is 4.74 Å². The maximum Gasteiger partial charge on any atom is 0.105 e. The molecule has 0 saturated carbocycles. The fraction of sp³-hybridized carbons (Fsp3) is 0.933. The van der Waals surface area contributed by atoms with Crippen molar-refractivity contribution in [2.24, 2.45) is 0 Å². The van der Waals surface area contributed by atoms with E-state index in [1.165, 1.54) is 0 Å². The van der Waals surface area contributed by atoms with E-state index in [9.17, 15) is 5.26 Å². The number of hydrogen-bond donors (Lipinski definition) is 1. The molecule has 0 radical (unpaired) electrons. The molecule has 1 saturated heterocycles. The Kier molecular flexibility index (Phi) is 6.78. The minimum absolute atomic E-state index is 0.305. The summed E-state index contributed by atoms with van der Waals surface area (Å²) < 4.78 is 5.71. The van der Waals surface area contributed by atoms with Crippen LogP contribution in [0.3, 0.4) is 0 Å². The lowest BCUT2D eigenvalue weighted by Crippen LogP contribution is -2.51. The summed E-state index contributed by atoms with van der Waals surface area (Å²) in [5.74, 6) is 0. The molecule has 1 aliphatic heterocycles. The molecule has 0 aromatic rings. The number of nitrogens with one attached hydrogen (secondary N) is 1. The lowest BCUT2D eigenvalue weighted by atomic mass is 9.98. The van der Waals surface area contributed by atoms with Crippen LogP contribution in [-0.4, -0.2) is 48.8 Å². The number of hydrogen-bond acceptors (Lipinski definition) is 4. The van der Waals surface area contributed by atoms with Crippen LogP contribution in [-0.2, 0) is 4.74 Å². The minimum atomic E-state index is -0.407.